The van der Waals surface area contributed by atoms with E-state index in [1.54, 1.807) is 4.90 Å². The van der Waals surface area contributed by atoms with Crippen LogP contribution in [0.5, 0.6) is 5.75 Å². The highest BCUT2D eigenvalue weighted by atomic mass is 16.5. The van der Waals surface area contributed by atoms with Crippen molar-refractivity contribution in [3.05, 3.63) is 29.8 Å². The molecule has 166 valence electrons. The van der Waals surface area contributed by atoms with Crippen LogP contribution in [0.15, 0.2) is 24.3 Å². The van der Waals surface area contributed by atoms with Crippen LogP contribution in [0.1, 0.15) is 89.7 Å². The van der Waals surface area contributed by atoms with Gasteiger partial charge in [0.2, 0.25) is 5.91 Å². The molecule has 0 spiro atoms. The highest BCUT2D eigenvalue weighted by Gasteiger charge is 2.42. The highest BCUT2D eigenvalue weighted by molar-refractivity contribution is 5.95. The van der Waals surface area contributed by atoms with Crippen molar-refractivity contribution in [1.82, 2.24) is 9.80 Å². The van der Waals surface area contributed by atoms with Crippen LogP contribution in [0, 0.1) is 0 Å². The van der Waals surface area contributed by atoms with Gasteiger partial charge in [0.05, 0.1) is 6.61 Å². The van der Waals surface area contributed by atoms with Crippen LogP contribution in [-0.2, 0) is 9.59 Å². The Labute approximate surface area is 181 Å². The highest BCUT2D eigenvalue weighted by Crippen LogP contribution is 2.33. The van der Waals surface area contributed by atoms with Crippen molar-refractivity contribution in [3.8, 4) is 5.75 Å². The maximum absolute atomic E-state index is 13.5. The van der Waals surface area contributed by atoms with E-state index in [4.69, 9.17) is 4.74 Å². The van der Waals surface area contributed by atoms with Gasteiger partial charge in [0, 0.05) is 12.6 Å². The van der Waals surface area contributed by atoms with Crippen LogP contribution >= 0.6 is 0 Å². The van der Waals surface area contributed by atoms with Gasteiger partial charge in [-0.1, -0.05) is 64.5 Å². The third-order valence-corrected chi connectivity index (χ3v) is 6.40. The summed E-state index contributed by atoms with van der Waals surface area (Å²) in [4.78, 5) is 30.1. The summed E-state index contributed by atoms with van der Waals surface area (Å²) in [6, 6.07) is 7.51. The van der Waals surface area contributed by atoms with Crippen molar-refractivity contribution in [2.24, 2.45) is 0 Å². The number of hydrogen-bond acceptors (Lipinski definition) is 3. The number of carbonyl (C=O) groups excluding carboxylic acids is 2. The normalized spacial score (nSPS) is 20.7. The number of amides is 2. The molecule has 0 unspecified atom stereocenters. The summed E-state index contributed by atoms with van der Waals surface area (Å²) in [5.74, 6) is 0.988. The summed E-state index contributed by atoms with van der Waals surface area (Å²) in [7, 11) is 0. The summed E-state index contributed by atoms with van der Waals surface area (Å²) in [5, 5.41) is 0. The predicted molar refractivity (Wildman–Crippen MR) is 119 cm³/mol. The minimum absolute atomic E-state index is 0.0725. The standard InChI is InChI=1S/C25H38N2O3/c1-3-5-6-10-18-30-22-15-13-20(14-16-22)24-25(29)27(21-11-8-7-9-12-21)19-23(28)26(24)17-4-2/h13-16,21,24H,3-12,17-19H2,1-2H3/t24-/m1/s1. The first kappa shape index (κ1) is 22.6. The van der Waals surface area contributed by atoms with E-state index in [1.807, 2.05) is 29.2 Å². The van der Waals surface area contributed by atoms with E-state index < -0.39 is 6.04 Å². The zero-order valence-electron chi connectivity index (χ0n) is 18.8. The molecule has 0 bridgehead atoms. The smallest absolute Gasteiger partial charge is 0.250 e. The van der Waals surface area contributed by atoms with Crippen LogP contribution in [0.3, 0.4) is 0 Å². The van der Waals surface area contributed by atoms with Crippen molar-refractivity contribution in [2.75, 3.05) is 19.7 Å². The van der Waals surface area contributed by atoms with Gasteiger partial charge in [-0.25, -0.2) is 0 Å². The Morgan fingerprint density at radius 2 is 1.67 bits per heavy atom. The van der Waals surface area contributed by atoms with Crippen LogP contribution in [0.25, 0.3) is 0 Å². The Bertz CT molecular complexity index is 682. The third kappa shape index (κ3) is 5.55. The lowest BCUT2D eigenvalue weighted by molar-refractivity contribution is -0.159. The van der Waals surface area contributed by atoms with Gasteiger partial charge in [0.25, 0.3) is 5.91 Å². The quantitative estimate of drug-likeness (QED) is 0.501. The molecular formula is C25H38N2O3. The van der Waals surface area contributed by atoms with E-state index in [0.29, 0.717) is 6.54 Å². The second-order valence-electron chi connectivity index (χ2n) is 8.73. The van der Waals surface area contributed by atoms with E-state index in [0.717, 1.165) is 56.4 Å². The molecule has 1 atom stereocenters. The molecular weight excluding hydrogens is 376 g/mol. The molecule has 0 aromatic heterocycles. The summed E-state index contributed by atoms with van der Waals surface area (Å²) >= 11 is 0. The largest absolute Gasteiger partial charge is 0.494 e. The molecule has 1 aliphatic heterocycles. The molecule has 2 fully saturated rings. The summed E-state index contributed by atoms with van der Waals surface area (Å²) < 4.78 is 5.86. The second-order valence-corrected chi connectivity index (χ2v) is 8.73. The van der Waals surface area contributed by atoms with E-state index >= 15 is 0 Å². The average molecular weight is 415 g/mol. The number of rotatable bonds is 10. The predicted octanol–water partition coefficient (Wildman–Crippen LogP) is 5.10. The van der Waals surface area contributed by atoms with E-state index in [-0.39, 0.29) is 24.4 Å². The summed E-state index contributed by atoms with van der Waals surface area (Å²) in [6.45, 7) is 5.83. The molecule has 3 rings (SSSR count). The van der Waals surface area contributed by atoms with Crippen LogP contribution in [-0.4, -0.2) is 47.4 Å². The molecule has 2 aliphatic rings. The number of ether oxygens (including phenoxy) is 1. The Balaban J connectivity index is 1.72. The molecule has 1 saturated heterocycles. The van der Waals surface area contributed by atoms with Gasteiger partial charge in [-0.05, 0) is 43.4 Å². The van der Waals surface area contributed by atoms with Gasteiger partial charge in [-0.3, -0.25) is 9.59 Å². The lowest BCUT2D eigenvalue weighted by Crippen LogP contribution is -2.58. The number of unbranched alkanes of at least 4 members (excludes halogenated alkanes) is 3. The molecule has 1 aliphatic carbocycles. The molecule has 1 heterocycles. The third-order valence-electron chi connectivity index (χ3n) is 6.40. The Hall–Kier alpha value is -2.04. The van der Waals surface area contributed by atoms with Crippen LogP contribution < -0.4 is 4.74 Å². The minimum atomic E-state index is -0.508. The van der Waals surface area contributed by atoms with Gasteiger partial charge in [0.15, 0.2) is 0 Å². The Morgan fingerprint density at radius 3 is 2.33 bits per heavy atom. The lowest BCUT2D eigenvalue weighted by atomic mass is 9.91. The number of benzene rings is 1. The van der Waals surface area contributed by atoms with Crippen molar-refractivity contribution < 1.29 is 14.3 Å². The molecule has 0 N–H and O–H groups in total. The topological polar surface area (TPSA) is 49.9 Å². The fraction of sp³-hybridized carbons (Fsp3) is 0.680. The first-order valence-corrected chi connectivity index (χ1v) is 12.0. The monoisotopic (exact) mass is 414 g/mol. The number of nitrogens with zero attached hydrogens (tertiary/aromatic N) is 2. The van der Waals surface area contributed by atoms with Crippen molar-refractivity contribution in [2.45, 2.75) is 90.1 Å². The van der Waals surface area contributed by atoms with Crippen LogP contribution in [0.4, 0.5) is 0 Å². The maximum Gasteiger partial charge on any atom is 0.250 e. The molecule has 1 saturated carbocycles. The zero-order valence-corrected chi connectivity index (χ0v) is 18.8. The van der Waals surface area contributed by atoms with Crippen molar-refractivity contribution in [3.63, 3.8) is 0 Å². The number of carbonyl (C=O) groups is 2. The minimum Gasteiger partial charge on any atom is -0.494 e. The summed E-state index contributed by atoms with van der Waals surface area (Å²) in [5.41, 5.74) is 0.889. The van der Waals surface area contributed by atoms with E-state index in [1.165, 1.54) is 25.7 Å². The molecule has 2 amide bonds. The zero-order chi connectivity index (χ0) is 21.3. The van der Waals surface area contributed by atoms with E-state index in [2.05, 4.69) is 13.8 Å². The molecule has 0 radical (unpaired) electrons. The number of piperazine rings is 1. The fourth-order valence-electron chi connectivity index (χ4n) is 4.73. The van der Waals surface area contributed by atoms with Gasteiger partial charge in [0.1, 0.15) is 18.3 Å². The lowest BCUT2D eigenvalue weighted by Gasteiger charge is -2.44. The molecule has 30 heavy (non-hydrogen) atoms. The average Bonchev–Trinajstić information content (AvgIpc) is 2.77. The van der Waals surface area contributed by atoms with Crippen molar-refractivity contribution in [1.29, 1.82) is 0 Å². The SMILES string of the molecule is CCCCCCOc1ccc([C@@H]2C(=O)N(C3CCCCC3)CC(=O)N2CCC)cc1. The van der Waals surface area contributed by atoms with E-state index in [9.17, 15) is 9.59 Å². The van der Waals surface area contributed by atoms with Gasteiger partial charge < -0.3 is 14.5 Å². The van der Waals surface area contributed by atoms with Crippen molar-refractivity contribution >= 4 is 11.8 Å². The first-order valence-electron chi connectivity index (χ1n) is 12.0. The van der Waals surface area contributed by atoms with Crippen LogP contribution in [0.2, 0.25) is 0 Å². The summed E-state index contributed by atoms with van der Waals surface area (Å²) in [6.07, 6.45) is 11.1. The molecule has 5 heteroatoms. The maximum atomic E-state index is 13.5. The Kier molecular flexibility index (Phi) is 8.59. The first-order chi connectivity index (χ1) is 14.7. The molecule has 1 aromatic carbocycles. The van der Waals surface area contributed by atoms with Gasteiger partial charge in [-0.15, -0.1) is 0 Å². The van der Waals surface area contributed by atoms with Gasteiger partial charge >= 0.3 is 0 Å². The molecule has 1 aromatic rings. The number of hydrogen-bond donors (Lipinski definition) is 0. The Morgan fingerprint density at radius 1 is 0.933 bits per heavy atom. The molecule has 5 nitrogen and oxygen atoms in total. The fourth-order valence-corrected chi connectivity index (χ4v) is 4.73. The van der Waals surface area contributed by atoms with Gasteiger partial charge in [-0.2, -0.15) is 0 Å². The second kappa shape index (κ2) is 11.4.